The van der Waals surface area contributed by atoms with Crippen molar-refractivity contribution in [1.82, 2.24) is 4.98 Å². The largest absolute Gasteiger partial charge is 0.489 e. The molecule has 0 bridgehead atoms. The summed E-state index contributed by atoms with van der Waals surface area (Å²) >= 11 is 0. The number of anilines is 1. The molecular formula is C16H26N2O. The van der Waals surface area contributed by atoms with E-state index in [0.29, 0.717) is 6.10 Å². The number of aromatic nitrogens is 1. The highest BCUT2D eigenvalue weighted by Crippen LogP contribution is 2.31. The van der Waals surface area contributed by atoms with E-state index < -0.39 is 0 Å². The van der Waals surface area contributed by atoms with Crippen LogP contribution >= 0.6 is 0 Å². The lowest BCUT2D eigenvalue weighted by Crippen LogP contribution is -2.28. The lowest BCUT2D eigenvalue weighted by Gasteiger charge is -2.31. The zero-order valence-corrected chi connectivity index (χ0v) is 12.4. The van der Waals surface area contributed by atoms with Gasteiger partial charge >= 0.3 is 0 Å². The Hall–Kier alpha value is -1.25. The number of nitrogens with zero attached hydrogens (tertiary/aromatic N) is 1. The van der Waals surface area contributed by atoms with Crippen LogP contribution in [0.3, 0.4) is 0 Å². The predicted molar refractivity (Wildman–Crippen MR) is 79.6 cm³/mol. The lowest BCUT2D eigenvalue weighted by atomic mass is 9.82. The van der Waals surface area contributed by atoms with Crippen molar-refractivity contribution in [3.8, 4) is 5.75 Å². The number of ether oxygens (including phenoxy) is 1. The van der Waals surface area contributed by atoms with Gasteiger partial charge in [0.05, 0.1) is 24.2 Å². The lowest BCUT2D eigenvalue weighted by molar-refractivity contribution is 0.101. The Morgan fingerprint density at radius 3 is 2.63 bits per heavy atom. The fourth-order valence-electron chi connectivity index (χ4n) is 3.01. The molecule has 0 saturated heterocycles. The average molecular weight is 262 g/mol. The third-order valence-corrected chi connectivity index (χ3v) is 3.73. The second kappa shape index (κ2) is 6.78. The maximum atomic E-state index is 6.11. The van der Waals surface area contributed by atoms with Crippen molar-refractivity contribution in [2.45, 2.75) is 52.6 Å². The molecule has 0 aliphatic heterocycles. The summed E-state index contributed by atoms with van der Waals surface area (Å²) in [5.41, 5.74) is 1.05. The van der Waals surface area contributed by atoms with Crippen LogP contribution < -0.4 is 10.1 Å². The van der Waals surface area contributed by atoms with Crippen LogP contribution in [0.15, 0.2) is 18.5 Å². The first-order valence-electron chi connectivity index (χ1n) is 7.53. The van der Waals surface area contributed by atoms with Crippen LogP contribution in [-0.2, 0) is 0 Å². The maximum Gasteiger partial charge on any atom is 0.140 e. The van der Waals surface area contributed by atoms with Crippen molar-refractivity contribution >= 4 is 5.69 Å². The van der Waals surface area contributed by atoms with Gasteiger partial charge in [-0.3, -0.25) is 4.98 Å². The van der Waals surface area contributed by atoms with E-state index >= 15 is 0 Å². The quantitative estimate of drug-likeness (QED) is 0.867. The van der Waals surface area contributed by atoms with Gasteiger partial charge in [0.25, 0.3) is 0 Å². The fraction of sp³-hybridized carbons (Fsp3) is 0.688. The Labute approximate surface area is 116 Å². The van der Waals surface area contributed by atoms with Crippen molar-refractivity contribution in [3.05, 3.63) is 18.5 Å². The van der Waals surface area contributed by atoms with Gasteiger partial charge in [-0.25, -0.2) is 0 Å². The van der Waals surface area contributed by atoms with E-state index in [1.807, 2.05) is 12.4 Å². The maximum absolute atomic E-state index is 6.11. The molecule has 2 unspecified atom stereocenters. The van der Waals surface area contributed by atoms with Gasteiger partial charge in [-0.2, -0.15) is 0 Å². The highest BCUT2D eigenvalue weighted by Gasteiger charge is 2.25. The summed E-state index contributed by atoms with van der Waals surface area (Å²) in [6.45, 7) is 7.78. The molecule has 1 heterocycles. The van der Waals surface area contributed by atoms with Gasteiger partial charge in [0.2, 0.25) is 0 Å². The molecular weight excluding hydrogens is 236 g/mol. The van der Waals surface area contributed by atoms with E-state index in [1.54, 1.807) is 0 Å². The Morgan fingerprint density at radius 2 is 1.95 bits per heavy atom. The molecule has 1 fully saturated rings. The SMILES string of the molecule is CCCNc1cncc(OC2CC(C)CC(C)C2)c1. The smallest absolute Gasteiger partial charge is 0.140 e. The van der Waals surface area contributed by atoms with Crippen LogP contribution in [0, 0.1) is 11.8 Å². The second-order valence-electron chi connectivity index (χ2n) is 5.99. The molecule has 1 aliphatic rings. The first-order valence-corrected chi connectivity index (χ1v) is 7.53. The molecule has 3 heteroatoms. The Bertz CT molecular complexity index is 384. The van der Waals surface area contributed by atoms with Crippen molar-refractivity contribution in [1.29, 1.82) is 0 Å². The Balaban J connectivity index is 1.94. The molecule has 2 rings (SSSR count). The number of rotatable bonds is 5. The molecule has 1 saturated carbocycles. The number of hydrogen-bond donors (Lipinski definition) is 1. The van der Waals surface area contributed by atoms with E-state index in [-0.39, 0.29) is 0 Å². The van der Waals surface area contributed by atoms with E-state index in [4.69, 9.17) is 4.74 Å². The minimum Gasteiger partial charge on any atom is -0.489 e. The normalized spacial score (nSPS) is 27.0. The molecule has 0 aromatic carbocycles. The third kappa shape index (κ3) is 4.41. The topological polar surface area (TPSA) is 34.2 Å². The van der Waals surface area contributed by atoms with Gasteiger partial charge in [-0.05, 0) is 37.5 Å². The van der Waals surface area contributed by atoms with Crippen LogP contribution in [-0.4, -0.2) is 17.6 Å². The molecule has 19 heavy (non-hydrogen) atoms. The van der Waals surface area contributed by atoms with Crippen LogP contribution in [0.5, 0.6) is 5.75 Å². The van der Waals surface area contributed by atoms with E-state index in [2.05, 4.69) is 37.1 Å². The Kier molecular flexibility index (Phi) is 5.06. The van der Waals surface area contributed by atoms with Gasteiger partial charge in [-0.1, -0.05) is 20.8 Å². The minimum absolute atomic E-state index is 0.349. The van der Waals surface area contributed by atoms with Gasteiger partial charge in [0.1, 0.15) is 5.75 Å². The average Bonchev–Trinajstić information content (AvgIpc) is 2.35. The summed E-state index contributed by atoms with van der Waals surface area (Å²) in [4.78, 5) is 4.25. The molecule has 2 atom stereocenters. The molecule has 1 aromatic heterocycles. The van der Waals surface area contributed by atoms with E-state index in [0.717, 1.165) is 49.1 Å². The van der Waals surface area contributed by atoms with Gasteiger partial charge in [-0.15, -0.1) is 0 Å². The first-order chi connectivity index (χ1) is 9.17. The summed E-state index contributed by atoms with van der Waals surface area (Å²) in [5, 5.41) is 3.35. The van der Waals surface area contributed by atoms with Gasteiger partial charge < -0.3 is 10.1 Å². The summed E-state index contributed by atoms with van der Waals surface area (Å²) in [5.74, 6) is 2.43. The van der Waals surface area contributed by atoms with Crippen molar-refractivity contribution in [2.75, 3.05) is 11.9 Å². The molecule has 1 aliphatic carbocycles. The molecule has 106 valence electrons. The third-order valence-electron chi connectivity index (χ3n) is 3.73. The molecule has 1 N–H and O–H groups in total. The summed E-state index contributed by atoms with van der Waals surface area (Å²) < 4.78 is 6.11. The number of pyridine rings is 1. The summed E-state index contributed by atoms with van der Waals surface area (Å²) in [7, 11) is 0. The summed E-state index contributed by atoms with van der Waals surface area (Å²) in [6.07, 6.45) is 8.80. The number of hydrogen-bond acceptors (Lipinski definition) is 3. The van der Waals surface area contributed by atoms with Crippen molar-refractivity contribution < 1.29 is 4.74 Å². The molecule has 0 amide bonds. The predicted octanol–water partition coefficient (Wildman–Crippen LogP) is 4.11. The van der Waals surface area contributed by atoms with Crippen LogP contribution in [0.2, 0.25) is 0 Å². The van der Waals surface area contributed by atoms with Gasteiger partial charge in [0.15, 0.2) is 0 Å². The zero-order valence-electron chi connectivity index (χ0n) is 12.4. The van der Waals surface area contributed by atoms with Crippen molar-refractivity contribution in [3.63, 3.8) is 0 Å². The summed E-state index contributed by atoms with van der Waals surface area (Å²) in [6, 6.07) is 2.06. The first kappa shape index (κ1) is 14.2. The molecule has 0 spiro atoms. The van der Waals surface area contributed by atoms with Crippen LogP contribution in [0.4, 0.5) is 5.69 Å². The highest BCUT2D eigenvalue weighted by molar-refractivity contribution is 5.45. The van der Waals surface area contributed by atoms with Crippen LogP contribution in [0.25, 0.3) is 0 Å². The molecule has 0 radical (unpaired) electrons. The molecule has 1 aromatic rings. The zero-order chi connectivity index (χ0) is 13.7. The van der Waals surface area contributed by atoms with E-state index in [9.17, 15) is 0 Å². The number of nitrogens with one attached hydrogen (secondary N) is 1. The Morgan fingerprint density at radius 1 is 1.21 bits per heavy atom. The molecule has 3 nitrogen and oxygen atoms in total. The standard InChI is InChI=1S/C16H26N2O/c1-4-5-18-14-9-16(11-17-10-14)19-15-7-12(2)6-13(3)8-15/h9-13,15,18H,4-8H2,1-3H3. The fourth-order valence-corrected chi connectivity index (χ4v) is 3.01. The van der Waals surface area contributed by atoms with Crippen LogP contribution in [0.1, 0.15) is 46.5 Å². The minimum atomic E-state index is 0.349. The van der Waals surface area contributed by atoms with E-state index in [1.165, 1.54) is 6.42 Å². The van der Waals surface area contributed by atoms with Crippen molar-refractivity contribution in [2.24, 2.45) is 11.8 Å². The van der Waals surface area contributed by atoms with Gasteiger partial charge in [0, 0.05) is 12.6 Å². The highest BCUT2D eigenvalue weighted by atomic mass is 16.5. The monoisotopic (exact) mass is 262 g/mol. The second-order valence-corrected chi connectivity index (χ2v) is 5.99.